The lowest BCUT2D eigenvalue weighted by Crippen LogP contribution is -2.39. The number of methoxy groups -OCH3 is 1. The van der Waals surface area contributed by atoms with Crippen molar-refractivity contribution in [2.45, 2.75) is 19.9 Å². The predicted octanol–water partition coefficient (Wildman–Crippen LogP) is 2.94. The number of benzene rings is 1. The lowest BCUT2D eigenvalue weighted by atomic mass is 10.0. The third kappa shape index (κ3) is 5.36. The zero-order valence-electron chi connectivity index (χ0n) is 12.3. The van der Waals surface area contributed by atoms with Crippen LogP contribution in [-0.2, 0) is 9.53 Å². The molecule has 1 amide bonds. The third-order valence-electron chi connectivity index (χ3n) is 2.82. The Bertz CT molecular complexity index is 472. The molecule has 0 aromatic heterocycles. The van der Waals surface area contributed by atoms with Gasteiger partial charge in [-0.05, 0) is 18.1 Å². The van der Waals surface area contributed by atoms with Crippen molar-refractivity contribution < 1.29 is 14.3 Å². The molecule has 0 saturated carbocycles. The van der Waals surface area contributed by atoms with E-state index in [2.05, 4.69) is 5.32 Å². The van der Waals surface area contributed by atoms with Crippen molar-refractivity contribution in [1.82, 2.24) is 0 Å². The molecule has 1 aromatic rings. The Morgan fingerprint density at radius 2 is 1.86 bits per heavy atom. The van der Waals surface area contributed by atoms with E-state index in [-0.39, 0.29) is 11.8 Å². The average Bonchev–Trinajstić information content (AvgIpc) is 2.40. The van der Waals surface area contributed by atoms with Crippen molar-refractivity contribution in [1.29, 1.82) is 0 Å². The molecular weight excluding hydrogens is 315 g/mol. The van der Waals surface area contributed by atoms with Crippen LogP contribution in [0.5, 0.6) is 5.75 Å². The zero-order valence-corrected chi connectivity index (χ0v) is 13.8. The summed E-state index contributed by atoms with van der Waals surface area (Å²) in [6.45, 7) is 4.50. The molecule has 5 nitrogen and oxygen atoms in total. The highest BCUT2D eigenvalue weighted by Crippen LogP contribution is 2.36. The van der Waals surface area contributed by atoms with Crippen molar-refractivity contribution in [3.63, 3.8) is 0 Å². The van der Waals surface area contributed by atoms with Gasteiger partial charge in [-0.1, -0.05) is 37.0 Å². The number of ether oxygens (including phenoxy) is 2. The van der Waals surface area contributed by atoms with Crippen molar-refractivity contribution in [3.8, 4) is 5.75 Å². The van der Waals surface area contributed by atoms with Crippen molar-refractivity contribution in [2.75, 3.05) is 25.6 Å². The van der Waals surface area contributed by atoms with Crippen LogP contribution >= 0.6 is 23.2 Å². The standard InChI is InChI=1S/C14H20Cl2N2O3/c1-8(2)12(17)14(19)18-9-6-10(15)13(11(16)7-9)21-5-4-20-3/h6-8,12H,4-5,17H2,1-3H3,(H,18,19)/t12-/m0/s1. The summed E-state index contributed by atoms with van der Waals surface area (Å²) in [7, 11) is 1.57. The van der Waals surface area contributed by atoms with Crippen LogP contribution in [0.2, 0.25) is 10.0 Å². The summed E-state index contributed by atoms with van der Waals surface area (Å²) in [4.78, 5) is 11.9. The highest BCUT2D eigenvalue weighted by Gasteiger charge is 2.18. The highest BCUT2D eigenvalue weighted by molar-refractivity contribution is 6.37. The van der Waals surface area contributed by atoms with Crippen molar-refractivity contribution in [2.24, 2.45) is 11.7 Å². The van der Waals surface area contributed by atoms with E-state index in [1.165, 1.54) is 0 Å². The van der Waals surface area contributed by atoms with Gasteiger partial charge in [0, 0.05) is 12.8 Å². The van der Waals surface area contributed by atoms with E-state index in [1.54, 1.807) is 19.2 Å². The highest BCUT2D eigenvalue weighted by atomic mass is 35.5. The molecule has 0 radical (unpaired) electrons. The topological polar surface area (TPSA) is 73.6 Å². The summed E-state index contributed by atoms with van der Waals surface area (Å²) in [6.07, 6.45) is 0. The van der Waals surface area contributed by atoms with Gasteiger partial charge in [0.2, 0.25) is 5.91 Å². The summed E-state index contributed by atoms with van der Waals surface area (Å²) in [6, 6.07) is 2.54. The summed E-state index contributed by atoms with van der Waals surface area (Å²) < 4.78 is 10.3. The molecule has 0 aliphatic rings. The number of anilines is 1. The van der Waals surface area contributed by atoms with Crippen LogP contribution in [0.1, 0.15) is 13.8 Å². The largest absolute Gasteiger partial charge is 0.488 e. The van der Waals surface area contributed by atoms with Gasteiger partial charge in [-0.25, -0.2) is 0 Å². The number of carbonyl (C=O) groups is 1. The Hall–Kier alpha value is -1.01. The number of nitrogens with one attached hydrogen (secondary N) is 1. The quantitative estimate of drug-likeness (QED) is 0.752. The third-order valence-corrected chi connectivity index (χ3v) is 3.38. The Labute approximate surface area is 134 Å². The summed E-state index contributed by atoms with van der Waals surface area (Å²) in [5.74, 6) is 0.110. The van der Waals surface area contributed by atoms with Gasteiger partial charge in [0.15, 0.2) is 5.75 Å². The Kier molecular flexibility index (Phi) is 7.25. The average molecular weight is 335 g/mol. The van der Waals surface area contributed by atoms with Crippen molar-refractivity contribution >= 4 is 34.8 Å². The first-order valence-corrected chi connectivity index (χ1v) is 7.29. The van der Waals surface area contributed by atoms with Gasteiger partial charge in [0.1, 0.15) is 6.61 Å². The maximum Gasteiger partial charge on any atom is 0.241 e. The van der Waals surface area contributed by atoms with E-state index >= 15 is 0 Å². The van der Waals surface area contributed by atoms with E-state index in [1.807, 2.05) is 13.8 Å². The van der Waals surface area contributed by atoms with E-state index in [0.717, 1.165) is 0 Å². The summed E-state index contributed by atoms with van der Waals surface area (Å²) in [5.41, 5.74) is 6.26. The van der Waals surface area contributed by atoms with E-state index in [0.29, 0.717) is 34.7 Å². The lowest BCUT2D eigenvalue weighted by Gasteiger charge is -2.16. The van der Waals surface area contributed by atoms with Gasteiger partial charge in [-0.3, -0.25) is 4.79 Å². The molecule has 0 heterocycles. The molecule has 1 atom stereocenters. The monoisotopic (exact) mass is 334 g/mol. The Morgan fingerprint density at radius 3 is 2.33 bits per heavy atom. The maximum atomic E-state index is 11.9. The van der Waals surface area contributed by atoms with Gasteiger partial charge in [-0.15, -0.1) is 0 Å². The second-order valence-corrected chi connectivity index (χ2v) is 5.68. The Balaban J connectivity index is 2.81. The second-order valence-electron chi connectivity index (χ2n) is 4.87. The SMILES string of the molecule is COCCOc1c(Cl)cc(NC(=O)[C@@H](N)C(C)C)cc1Cl. The van der Waals surface area contributed by atoms with Crippen molar-refractivity contribution in [3.05, 3.63) is 22.2 Å². The van der Waals surface area contributed by atoms with Gasteiger partial charge >= 0.3 is 0 Å². The minimum atomic E-state index is -0.597. The van der Waals surface area contributed by atoms with Gasteiger partial charge < -0.3 is 20.5 Å². The molecule has 7 heteroatoms. The van der Waals surface area contributed by atoms with E-state index < -0.39 is 6.04 Å². The van der Waals surface area contributed by atoms with Gasteiger partial charge in [-0.2, -0.15) is 0 Å². The number of carbonyl (C=O) groups excluding carboxylic acids is 1. The minimum Gasteiger partial charge on any atom is -0.488 e. The molecule has 21 heavy (non-hydrogen) atoms. The number of hydrogen-bond acceptors (Lipinski definition) is 4. The molecule has 0 aliphatic heterocycles. The number of rotatable bonds is 7. The fourth-order valence-corrected chi connectivity index (χ4v) is 2.12. The molecule has 1 aromatic carbocycles. The van der Waals surface area contributed by atoms with Crippen LogP contribution in [0.4, 0.5) is 5.69 Å². The van der Waals surface area contributed by atoms with Crippen LogP contribution in [0.15, 0.2) is 12.1 Å². The maximum absolute atomic E-state index is 11.9. The molecule has 3 N–H and O–H groups in total. The van der Waals surface area contributed by atoms with Gasteiger partial charge in [0.05, 0.1) is 22.7 Å². The van der Waals surface area contributed by atoms with E-state index in [9.17, 15) is 4.79 Å². The first-order chi connectivity index (χ1) is 9.86. The summed E-state index contributed by atoms with van der Waals surface area (Å²) >= 11 is 12.2. The van der Waals surface area contributed by atoms with Crippen LogP contribution in [0.25, 0.3) is 0 Å². The molecule has 0 unspecified atom stereocenters. The normalized spacial score (nSPS) is 12.3. The number of hydrogen-bond donors (Lipinski definition) is 2. The fraction of sp³-hybridized carbons (Fsp3) is 0.500. The molecule has 0 spiro atoms. The first-order valence-electron chi connectivity index (χ1n) is 6.54. The minimum absolute atomic E-state index is 0.0348. The molecule has 0 bridgehead atoms. The van der Waals surface area contributed by atoms with Gasteiger partial charge in [0.25, 0.3) is 0 Å². The predicted molar refractivity (Wildman–Crippen MR) is 85.3 cm³/mol. The fourth-order valence-electron chi connectivity index (χ4n) is 1.53. The molecule has 118 valence electrons. The van der Waals surface area contributed by atoms with Crippen LogP contribution < -0.4 is 15.8 Å². The lowest BCUT2D eigenvalue weighted by molar-refractivity contribution is -0.118. The summed E-state index contributed by atoms with van der Waals surface area (Å²) in [5, 5.41) is 3.31. The molecule has 0 aliphatic carbocycles. The Morgan fingerprint density at radius 1 is 1.29 bits per heavy atom. The van der Waals surface area contributed by atoms with Crippen LogP contribution in [-0.4, -0.2) is 32.3 Å². The van der Waals surface area contributed by atoms with E-state index in [4.69, 9.17) is 38.4 Å². The zero-order chi connectivity index (χ0) is 16.0. The molecule has 0 fully saturated rings. The first kappa shape index (κ1) is 18.0. The molecule has 1 rings (SSSR count). The number of nitrogens with two attached hydrogens (primary N) is 1. The second kappa shape index (κ2) is 8.44. The molecule has 0 saturated heterocycles. The van der Waals surface area contributed by atoms with Crippen LogP contribution in [0, 0.1) is 5.92 Å². The smallest absolute Gasteiger partial charge is 0.241 e. The van der Waals surface area contributed by atoms with Crippen LogP contribution in [0.3, 0.4) is 0 Å². The molecular formula is C14H20Cl2N2O3. The number of amides is 1. The number of halogens is 2.